The maximum absolute atomic E-state index is 13.6. The zero-order valence-electron chi connectivity index (χ0n) is 10.3. The molecule has 2 nitrogen and oxygen atoms in total. The van der Waals surface area contributed by atoms with Gasteiger partial charge in [-0.2, -0.15) is 11.8 Å². The van der Waals surface area contributed by atoms with Crippen molar-refractivity contribution in [3.05, 3.63) is 34.6 Å². The van der Waals surface area contributed by atoms with Crippen molar-refractivity contribution < 1.29 is 4.39 Å². The third kappa shape index (κ3) is 4.12. The highest BCUT2D eigenvalue weighted by molar-refractivity contribution is 7.99. The molecular formula is C13H18ClFN2S. The molecule has 0 radical (unpaired) electrons. The second-order valence-corrected chi connectivity index (χ2v) is 5.98. The summed E-state index contributed by atoms with van der Waals surface area (Å²) in [4.78, 5) is 2.44. The Morgan fingerprint density at radius 1 is 1.33 bits per heavy atom. The minimum atomic E-state index is -0.305. The Hall–Kier alpha value is -0.290. The van der Waals surface area contributed by atoms with Crippen molar-refractivity contribution in [2.75, 3.05) is 37.7 Å². The Labute approximate surface area is 117 Å². The maximum atomic E-state index is 13.6. The van der Waals surface area contributed by atoms with Crippen LogP contribution in [0, 0.1) is 5.82 Å². The van der Waals surface area contributed by atoms with E-state index < -0.39 is 0 Å². The summed E-state index contributed by atoms with van der Waals surface area (Å²) in [6, 6.07) is 5.13. The fourth-order valence-corrected chi connectivity index (χ4v) is 3.14. The fourth-order valence-electron chi connectivity index (χ4n) is 1.97. The molecule has 0 atom stereocenters. The van der Waals surface area contributed by atoms with E-state index in [1.54, 1.807) is 18.2 Å². The maximum Gasteiger partial charge on any atom is 0.146 e. The van der Waals surface area contributed by atoms with Crippen LogP contribution in [0.5, 0.6) is 0 Å². The average Bonchev–Trinajstić information content (AvgIpc) is 2.40. The molecule has 1 aromatic rings. The number of nitrogens with one attached hydrogen (secondary N) is 1. The summed E-state index contributed by atoms with van der Waals surface area (Å²) in [6.07, 6.45) is 0. The van der Waals surface area contributed by atoms with E-state index in [2.05, 4.69) is 10.2 Å². The lowest BCUT2D eigenvalue weighted by atomic mass is 10.2. The van der Waals surface area contributed by atoms with Crippen LogP contribution in [0.4, 0.5) is 4.39 Å². The average molecular weight is 289 g/mol. The Kier molecular flexibility index (Phi) is 5.76. The van der Waals surface area contributed by atoms with Gasteiger partial charge in [0.25, 0.3) is 0 Å². The third-order valence-electron chi connectivity index (χ3n) is 3.06. The summed E-state index contributed by atoms with van der Waals surface area (Å²) in [5, 5.41) is 3.47. The first-order valence-electron chi connectivity index (χ1n) is 6.21. The number of nitrogens with zero attached hydrogens (tertiary/aromatic N) is 1. The lowest BCUT2D eigenvalue weighted by molar-refractivity contribution is 0.301. The highest BCUT2D eigenvalue weighted by Crippen LogP contribution is 2.17. The summed E-state index contributed by atoms with van der Waals surface area (Å²) in [5.74, 6) is 2.15. The molecule has 1 N–H and O–H groups in total. The zero-order chi connectivity index (χ0) is 12.8. The van der Waals surface area contributed by atoms with Gasteiger partial charge in [-0.1, -0.05) is 23.7 Å². The Bertz CT molecular complexity index is 383. The van der Waals surface area contributed by atoms with Crippen LogP contribution >= 0.6 is 23.4 Å². The van der Waals surface area contributed by atoms with Gasteiger partial charge in [0.1, 0.15) is 5.82 Å². The molecule has 0 bridgehead atoms. The van der Waals surface area contributed by atoms with Crippen molar-refractivity contribution in [2.24, 2.45) is 0 Å². The molecule has 1 heterocycles. The third-order valence-corrected chi connectivity index (χ3v) is 4.29. The predicted octanol–water partition coefficient (Wildman–Crippen LogP) is 2.62. The lowest BCUT2D eigenvalue weighted by Crippen LogP contribution is -2.37. The van der Waals surface area contributed by atoms with Gasteiger partial charge >= 0.3 is 0 Å². The quantitative estimate of drug-likeness (QED) is 0.839. The summed E-state index contributed by atoms with van der Waals surface area (Å²) in [7, 11) is 0. The van der Waals surface area contributed by atoms with Gasteiger partial charge in [0.15, 0.2) is 0 Å². The molecule has 18 heavy (non-hydrogen) atoms. The van der Waals surface area contributed by atoms with Gasteiger partial charge in [0.05, 0.1) is 5.02 Å². The van der Waals surface area contributed by atoms with Crippen molar-refractivity contribution in [1.29, 1.82) is 0 Å². The molecule has 5 heteroatoms. The summed E-state index contributed by atoms with van der Waals surface area (Å²) in [5.41, 5.74) is 0.636. The van der Waals surface area contributed by atoms with Gasteiger partial charge in [-0.05, 0) is 6.07 Å². The van der Waals surface area contributed by atoms with Crippen LogP contribution in [0.1, 0.15) is 5.56 Å². The molecule has 1 saturated heterocycles. The van der Waals surface area contributed by atoms with E-state index in [1.807, 2.05) is 11.8 Å². The molecule has 0 spiro atoms. The van der Waals surface area contributed by atoms with Gasteiger partial charge in [0, 0.05) is 49.8 Å². The first-order chi connectivity index (χ1) is 8.77. The van der Waals surface area contributed by atoms with Crippen LogP contribution in [0.2, 0.25) is 5.02 Å². The van der Waals surface area contributed by atoms with Crippen molar-refractivity contribution in [3.63, 3.8) is 0 Å². The topological polar surface area (TPSA) is 15.3 Å². The summed E-state index contributed by atoms with van der Waals surface area (Å²) < 4.78 is 13.6. The number of benzene rings is 1. The minimum Gasteiger partial charge on any atom is -0.311 e. The lowest BCUT2D eigenvalue weighted by Gasteiger charge is -2.26. The van der Waals surface area contributed by atoms with Gasteiger partial charge in [-0.3, -0.25) is 0 Å². The molecule has 0 aliphatic carbocycles. The van der Waals surface area contributed by atoms with Gasteiger partial charge in [-0.15, -0.1) is 0 Å². The van der Waals surface area contributed by atoms with E-state index in [4.69, 9.17) is 11.6 Å². The van der Waals surface area contributed by atoms with Crippen LogP contribution in [-0.2, 0) is 6.54 Å². The Morgan fingerprint density at radius 3 is 2.89 bits per heavy atom. The first-order valence-corrected chi connectivity index (χ1v) is 7.74. The van der Waals surface area contributed by atoms with E-state index in [1.165, 1.54) is 11.5 Å². The standard InChI is InChI=1S/C13H18ClFN2S/c14-12-3-1-2-11(13(12)15)10-16-4-5-17-6-8-18-9-7-17/h1-3,16H,4-10H2. The molecule has 1 aliphatic heterocycles. The van der Waals surface area contributed by atoms with Crippen molar-refractivity contribution in [3.8, 4) is 0 Å². The molecule has 0 aromatic heterocycles. The largest absolute Gasteiger partial charge is 0.311 e. The molecule has 1 aromatic carbocycles. The second kappa shape index (κ2) is 7.34. The molecule has 0 unspecified atom stereocenters. The predicted molar refractivity (Wildman–Crippen MR) is 76.9 cm³/mol. The molecule has 1 aliphatic rings. The van der Waals surface area contributed by atoms with Crippen LogP contribution in [-0.4, -0.2) is 42.6 Å². The number of halogens is 2. The van der Waals surface area contributed by atoms with E-state index in [0.717, 1.165) is 26.2 Å². The fraction of sp³-hybridized carbons (Fsp3) is 0.538. The van der Waals surface area contributed by atoms with E-state index >= 15 is 0 Å². The monoisotopic (exact) mass is 288 g/mol. The van der Waals surface area contributed by atoms with Gasteiger partial charge in [-0.25, -0.2) is 4.39 Å². The number of hydrogen-bond acceptors (Lipinski definition) is 3. The Morgan fingerprint density at radius 2 is 2.11 bits per heavy atom. The van der Waals surface area contributed by atoms with Crippen LogP contribution < -0.4 is 5.32 Å². The van der Waals surface area contributed by atoms with Crippen molar-refractivity contribution in [2.45, 2.75) is 6.54 Å². The van der Waals surface area contributed by atoms with E-state index in [-0.39, 0.29) is 10.8 Å². The van der Waals surface area contributed by atoms with Crippen molar-refractivity contribution in [1.82, 2.24) is 10.2 Å². The number of hydrogen-bond donors (Lipinski definition) is 1. The summed E-state index contributed by atoms with van der Waals surface area (Å²) in [6.45, 7) is 4.78. The summed E-state index contributed by atoms with van der Waals surface area (Å²) >= 11 is 7.75. The molecule has 0 amide bonds. The van der Waals surface area contributed by atoms with Crippen molar-refractivity contribution >= 4 is 23.4 Å². The highest BCUT2D eigenvalue weighted by Gasteiger charge is 2.09. The second-order valence-electron chi connectivity index (χ2n) is 4.34. The normalized spacial score (nSPS) is 17.0. The van der Waals surface area contributed by atoms with Gasteiger partial charge < -0.3 is 10.2 Å². The van der Waals surface area contributed by atoms with Crippen LogP contribution in [0.3, 0.4) is 0 Å². The van der Waals surface area contributed by atoms with E-state index in [9.17, 15) is 4.39 Å². The highest BCUT2D eigenvalue weighted by atomic mass is 35.5. The first kappa shape index (κ1) is 14.1. The number of thioether (sulfide) groups is 1. The molecule has 0 saturated carbocycles. The SMILES string of the molecule is Fc1c(Cl)cccc1CNCCN1CCSCC1. The van der Waals surface area contributed by atoms with E-state index in [0.29, 0.717) is 12.1 Å². The molecular weight excluding hydrogens is 271 g/mol. The molecule has 2 rings (SSSR count). The smallest absolute Gasteiger partial charge is 0.146 e. The number of rotatable bonds is 5. The zero-order valence-corrected chi connectivity index (χ0v) is 11.9. The van der Waals surface area contributed by atoms with Gasteiger partial charge in [0.2, 0.25) is 0 Å². The van der Waals surface area contributed by atoms with Crippen LogP contribution in [0.25, 0.3) is 0 Å². The van der Waals surface area contributed by atoms with Crippen LogP contribution in [0.15, 0.2) is 18.2 Å². The minimum absolute atomic E-state index is 0.197. The molecule has 1 fully saturated rings. The molecule has 100 valence electrons. The Balaban J connectivity index is 1.70.